The van der Waals surface area contributed by atoms with Crippen molar-refractivity contribution >= 4 is 29.2 Å². The molecule has 1 amide bonds. The zero-order chi connectivity index (χ0) is 13.7. The van der Waals surface area contributed by atoms with Crippen molar-refractivity contribution in [3.05, 3.63) is 54.1 Å². The number of carbonyl (C=O) groups is 2. The molecule has 0 radical (unpaired) electrons. The van der Waals surface area contributed by atoms with Crippen molar-refractivity contribution in [1.29, 1.82) is 0 Å². The van der Waals surface area contributed by atoms with Gasteiger partial charge in [-0.15, -0.1) is 0 Å². The number of benzene rings is 2. The predicted molar refractivity (Wildman–Crippen MR) is 71.2 cm³/mol. The van der Waals surface area contributed by atoms with E-state index in [1.807, 2.05) is 42.5 Å². The number of hydrogen-bond donors (Lipinski definition) is 1. The van der Waals surface area contributed by atoms with Crippen LogP contribution in [0.25, 0.3) is 16.8 Å². The molecule has 19 heavy (non-hydrogen) atoms. The minimum absolute atomic E-state index is 0.0851. The summed E-state index contributed by atoms with van der Waals surface area (Å²) in [5, 5.41) is 2.56. The highest BCUT2D eigenvalue weighted by Crippen LogP contribution is 2.16. The number of rotatable bonds is 4. The fraction of sp³-hybridized carbons (Fsp3) is 0. The monoisotopic (exact) mass is 256 g/mol. The van der Waals surface area contributed by atoms with Gasteiger partial charge in [0, 0.05) is 6.08 Å². The average Bonchev–Trinajstić information content (AvgIpc) is 2.44. The molecule has 0 aliphatic rings. The van der Waals surface area contributed by atoms with Crippen molar-refractivity contribution in [1.82, 2.24) is 5.17 Å². The number of hydroxylamine groups is 1. The lowest BCUT2D eigenvalue weighted by Crippen LogP contribution is -2.35. The van der Waals surface area contributed by atoms with E-state index in [1.54, 1.807) is 6.08 Å². The second-order valence-corrected chi connectivity index (χ2v) is 3.81. The smallest absolute Gasteiger partial charge is 0.322 e. The molecule has 2 N–H and O–H groups in total. The summed E-state index contributed by atoms with van der Waals surface area (Å²) in [5.74, 6) is 4.54. The Labute approximate surface area is 109 Å². The third-order valence-corrected chi connectivity index (χ3v) is 2.57. The molecule has 0 heterocycles. The van der Waals surface area contributed by atoms with Gasteiger partial charge in [0.15, 0.2) is 0 Å². The molecular weight excluding hydrogens is 244 g/mol. The van der Waals surface area contributed by atoms with Gasteiger partial charge < -0.3 is 4.84 Å². The van der Waals surface area contributed by atoms with Crippen LogP contribution in [0.2, 0.25) is 0 Å². The van der Waals surface area contributed by atoms with Gasteiger partial charge in [0.25, 0.3) is 5.91 Å². The fourth-order valence-corrected chi connectivity index (χ4v) is 1.65. The molecule has 2 aromatic carbocycles. The standard InChI is InChI=1S/C14H12N2O3/c15-16(19-10-17)14(18)8-6-11-5-7-12-3-1-2-4-13(12)9-11/h1-10H,15H2. The zero-order valence-corrected chi connectivity index (χ0v) is 10.0. The van der Waals surface area contributed by atoms with Crippen LogP contribution in [0.4, 0.5) is 0 Å². The molecule has 2 rings (SSSR count). The van der Waals surface area contributed by atoms with E-state index in [-0.39, 0.29) is 6.47 Å². The van der Waals surface area contributed by atoms with Crippen LogP contribution in [0, 0.1) is 0 Å². The maximum absolute atomic E-state index is 11.4. The minimum Gasteiger partial charge on any atom is -0.326 e. The van der Waals surface area contributed by atoms with E-state index in [4.69, 9.17) is 5.84 Å². The van der Waals surface area contributed by atoms with Crippen molar-refractivity contribution in [2.24, 2.45) is 5.84 Å². The summed E-state index contributed by atoms with van der Waals surface area (Å²) < 4.78 is 0. The van der Waals surface area contributed by atoms with Gasteiger partial charge in [-0.25, -0.2) is 5.84 Å². The number of nitrogens with zero attached hydrogens (tertiary/aromatic N) is 1. The van der Waals surface area contributed by atoms with E-state index in [0.29, 0.717) is 5.17 Å². The molecule has 0 unspecified atom stereocenters. The van der Waals surface area contributed by atoms with E-state index >= 15 is 0 Å². The van der Waals surface area contributed by atoms with E-state index in [1.165, 1.54) is 6.08 Å². The highest BCUT2D eigenvalue weighted by molar-refractivity contribution is 5.92. The van der Waals surface area contributed by atoms with Gasteiger partial charge >= 0.3 is 6.47 Å². The second kappa shape index (κ2) is 5.79. The third kappa shape index (κ3) is 3.17. The molecule has 0 atom stereocenters. The van der Waals surface area contributed by atoms with Crippen molar-refractivity contribution in [3.8, 4) is 0 Å². The van der Waals surface area contributed by atoms with Crippen LogP contribution < -0.4 is 5.84 Å². The van der Waals surface area contributed by atoms with Crippen LogP contribution in [0.3, 0.4) is 0 Å². The molecular formula is C14H12N2O3. The van der Waals surface area contributed by atoms with Crippen LogP contribution >= 0.6 is 0 Å². The van der Waals surface area contributed by atoms with E-state index < -0.39 is 5.91 Å². The molecule has 96 valence electrons. The van der Waals surface area contributed by atoms with Crippen molar-refractivity contribution in [2.75, 3.05) is 0 Å². The highest BCUT2D eigenvalue weighted by Gasteiger charge is 2.05. The van der Waals surface area contributed by atoms with Gasteiger partial charge in [0.2, 0.25) is 0 Å². The van der Waals surface area contributed by atoms with Crippen molar-refractivity contribution in [3.63, 3.8) is 0 Å². The fourth-order valence-electron chi connectivity index (χ4n) is 1.65. The van der Waals surface area contributed by atoms with Gasteiger partial charge in [-0.05, 0) is 28.5 Å². The molecule has 5 heteroatoms. The van der Waals surface area contributed by atoms with Crippen LogP contribution in [-0.2, 0) is 14.4 Å². The molecule has 0 saturated carbocycles. The van der Waals surface area contributed by atoms with Gasteiger partial charge in [0.1, 0.15) is 0 Å². The largest absolute Gasteiger partial charge is 0.326 e. The highest BCUT2D eigenvalue weighted by atomic mass is 16.7. The summed E-state index contributed by atoms with van der Waals surface area (Å²) >= 11 is 0. The normalized spacial score (nSPS) is 10.6. The first kappa shape index (κ1) is 12.8. The van der Waals surface area contributed by atoms with Gasteiger partial charge in [-0.1, -0.05) is 41.6 Å². The lowest BCUT2D eigenvalue weighted by molar-refractivity contribution is -0.184. The summed E-state index contributed by atoms with van der Waals surface area (Å²) in [7, 11) is 0. The summed E-state index contributed by atoms with van der Waals surface area (Å²) in [5.41, 5.74) is 0.853. The van der Waals surface area contributed by atoms with Crippen molar-refractivity contribution < 1.29 is 14.4 Å². The Bertz CT molecular complexity index is 637. The number of hydrogen-bond acceptors (Lipinski definition) is 4. The zero-order valence-electron chi connectivity index (χ0n) is 10.0. The second-order valence-electron chi connectivity index (χ2n) is 3.81. The quantitative estimate of drug-likeness (QED) is 0.297. The number of amides is 1. The third-order valence-electron chi connectivity index (χ3n) is 2.57. The summed E-state index contributed by atoms with van der Waals surface area (Å²) in [6.45, 7) is 0.0851. The van der Waals surface area contributed by atoms with Crippen LogP contribution in [0.15, 0.2) is 48.5 Å². The molecule has 0 aromatic heterocycles. The van der Waals surface area contributed by atoms with Gasteiger partial charge in [-0.3, -0.25) is 9.59 Å². The Kier molecular flexibility index (Phi) is 3.90. The van der Waals surface area contributed by atoms with Crippen LogP contribution in [-0.4, -0.2) is 17.6 Å². The van der Waals surface area contributed by atoms with E-state index in [9.17, 15) is 9.59 Å². The maximum Gasteiger partial charge on any atom is 0.322 e. The van der Waals surface area contributed by atoms with Crippen LogP contribution in [0.1, 0.15) is 5.56 Å². The molecule has 0 bridgehead atoms. The Balaban J connectivity index is 2.16. The molecule has 2 aromatic rings. The number of hydrazine groups is 1. The number of carbonyl (C=O) groups excluding carboxylic acids is 2. The van der Waals surface area contributed by atoms with Crippen molar-refractivity contribution in [2.45, 2.75) is 0 Å². The summed E-state index contributed by atoms with van der Waals surface area (Å²) in [4.78, 5) is 25.6. The first-order chi connectivity index (χ1) is 9.20. The Hall–Kier alpha value is -2.66. The SMILES string of the molecule is NN(OC=O)C(=O)C=Cc1ccc2ccccc2c1. The van der Waals surface area contributed by atoms with Gasteiger partial charge in [-0.2, -0.15) is 0 Å². The first-order valence-corrected chi connectivity index (χ1v) is 5.57. The van der Waals surface area contributed by atoms with Gasteiger partial charge in [0.05, 0.1) is 0 Å². The lowest BCUT2D eigenvalue weighted by Gasteiger charge is -2.08. The number of nitrogens with two attached hydrogens (primary N) is 1. The van der Waals surface area contributed by atoms with E-state index in [2.05, 4.69) is 4.84 Å². The molecule has 5 nitrogen and oxygen atoms in total. The average molecular weight is 256 g/mol. The minimum atomic E-state index is -0.625. The molecule has 0 aliphatic heterocycles. The Morgan fingerprint density at radius 2 is 1.89 bits per heavy atom. The number of fused-ring (bicyclic) bond motifs is 1. The lowest BCUT2D eigenvalue weighted by atomic mass is 10.1. The molecule has 0 aliphatic carbocycles. The Morgan fingerprint density at radius 1 is 1.16 bits per heavy atom. The maximum atomic E-state index is 11.4. The topological polar surface area (TPSA) is 72.6 Å². The first-order valence-electron chi connectivity index (χ1n) is 5.57. The molecule has 0 saturated heterocycles. The predicted octanol–water partition coefficient (Wildman–Crippen LogP) is 1.64. The van der Waals surface area contributed by atoms with E-state index in [0.717, 1.165) is 16.3 Å². The molecule has 0 spiro atoms. The summed E-state index contributed by atoms with van der Waals surface area (Å²) in [6.07, 6.45) is 2.83. The van der Waals surface area contributed by atoms with Crippen LogP contribution in [0.5, 0.6) is 0 Å². The molecule has 0 fully saturated rings. The Morgan fingerprint density at radius 3 is 2.63 bits per heavy atom. The summed E-state index contributed by atoms with van der Waals surface area (Å²) in [6, 6.07) is 13.7.